The Morgan fingerprint density at radius 1 is 1.19 bits per heavy atom. The molecule has 27 heavy (non-hydrogen) atoms. The summed E-state index contributed by atoms with van der Waals surface area (Å²) in [5.74, 6) is -1.43. The maximum absolute atomic E-state index is 13.3. The van der Waals surface area contributed by atoms with Gasteiger partial charge in [0.1, 0.15) is 5.82 Å². The molecule has 3 aromatic carbocycles. The van der Waals surface area contributed by atoms with Crippen LogP contribution in [0.5, 0.6) is 5.75 Å². The molecule has 0 saturated heterocycles. The van der Waals surface area contributed by atoms with Gasteiger partial charge >= 0.3 is 5.69 Å². The number of carbonyl (C=O) groups is 1. The predicted molar refractivity (Wildman–Crippen MR) is 99.1 cm³/mol. The van der Waals surface area contributed by atoms with Crippen molar-refractivity contribution in [3.63, 3.8) is 0 Å². The molecule has 138 valence electrons. The number of halogens is 1. The van der Waals surface area contributed by atoms with Crippen molar-refractivity contribution in [3.05, 3.63) is 82.2 Å². The van der Waals surface area contributed by atoms with Crippen LogP contribution in [0.3, 0.4) is 0 Å². The van der Waals surface area contributed by atoms with Crippen molar-refractivity contribution in [1.82, 2.24) is 5.32 Å². The van der Waals surface area contributed by atoms with E-state index in [0.717, 1.165) is 34.5 Å². The van der Waals surface area contributed by atoms with Crippen LogP contribution in [0.2, 0.25) is 0 Å². The molecule has 0 saturated carbocycles. The minimum Gasteiger partial charge on any atom is -0.477 e. The van der Waals surface area contributed by atoms with Gasteiger partial charge in [-0.05, 0) is 29.3 Å². The normalized spacial score (nSPS) is 11.8. The molecule has 0 aliphatic carbocycles. The zero-order valence-electron chi connectivity index (χ0n) is 14.5. The van der Waals surface area contributed by atoms with Gasteiger partial charge in [-0.3, -0.25) is 14.9 Å². The van der Waals surface area contributed by atoms with Crippen LogP contribution in [-0.4, -0.2) is 17.4 Å². The molecule has 0 radical (unpaired) electrons. The fraction of sp³-hybridized carbons (Fsp3) is 0.150. The lowest BCUT2D eigenvalue weighted by atomic mass is 10.00. The summed E-state index contributed by atoms with van der Waals surface area (Å²) in [7, 11) is 0. The highest BCUT2D eigenvalue weighted by molar-refractivity contribution is 5.87. The second-order valence-corrected chi connectivity index (χ2v) is 6.02. The van der Waals surface area contributed by atoms with E-state index in [2.05, 4.69) is 5.32 Å². The lowest BCUT2D eigenvalue weighted by molar-refractivity contribution is -0.385. The van der Waals surface area contributed by atoms with E-state index in [-0.39, 0.29) is 11.8 Å². The summed E-state index contributed by atoms with van der Waals surface area (Å²) < 4.78 is 18.5. The SMILES string of the molecule is CC(NC(=O)COc1cc(F)ccc1[N+](=O)[O-])c1cccc2ccccc12. The maximum atomic E-state index is 13.3. The van der Waals surface area contributed by atoms with Crippen LogP contribution in [0.15, 0.2) is 60.7 Å². The number of rotatable bonds is 6. The molecule has 0 bridgehead atoms. The van der Waals surface area contributed by atoms with Crippen LogP contribution in [0.4, 0.5) is 10.1 Å². The minimum atomic E-state index is -0.689. The Hall–Kier alpha value is -3.48. The number of carbonyl (C=O) groups excluding carboxylic acids is 1. The van der Waals surface area contributed by atoms with Gasteiger partial charge in [0.2, 0.25) is 5.75 Å². The fourth-order valence-corrected chi connectivity index (χ4v) is 2.89. The van der Waals surface area contributed by atoms with E-state index in [1.807, 2.05) is 49.4 Å². The molecule has 1 atom stereocenters. The predicted octanol–water partition coefficient (Wildman–Crippen LogP) is 4.14. The highest BCUT2D eigenvalue weighted by Gasteiger charge is 2.18. The van der Waals surface area contributed by atoms with E-state index < -0.39 is 28.9 Å². The van der Waals surface area contributed by atoms with Crippen LogP contribution in [-0.2, 0) is 4.79 Å². The highest BCUT2D eigenvalue weighted by Crippen LogP contribution is 2.27. The van der Waals surface area contributed by atoms with Crippen LogP contribution in [0, 0.1) is 15.9 Å². The van der Waals surface area contributed by atoms with E-state index in [1.54, 1.807) is 0 Å². The zero-order valence-corrected chi connectivity index (χ0v) is 14.5. The van der Waals surface area contributed by atoms with Crippen molar-refractivity contribution >= 4 is 22.4 Å². The van der Waals surface area contributed by atoms with E-state index in [4.69, 9.17) is 4.74 Å². The second kappa shape index (κ2) is 7.82. The summed E-state index contributed by atoms with van der Waals surface area (Å²) in [6, 6.07) is 16.2. The molecule has 0 spiro atoms. The van der Waals surface area contributed by atoms with E-state index in [0.29, 0.717) is 0 Å². The number of nitrogens with one attached hydrogen (secondary N) is 1. The summed E-state index contributed by atoms with van der Waals surface area (Å²) in [4.78, 5) is 22.5. The largest absolute Gasteiger partial charge is 0.477 e. The molecular weight excluding hydrogens is 351 g/mol. The Bertz CT molecular complexity index is 1000. The second-order valence-electron chi connectivity index (χ2n) is 6.02. The number of nitro groups is 1. The van der Waals surface area contributed by atoms with Crippen molar-refractivity contribution in [2.45, 2.75) is 13.0 Å². The fourth-order valence-electron chi connectivity index (χ4n) is 2.89. The standard InChI is InChI=1S/C20H17FN2O4/c1-13(16-8-4-6-14-5-2-3-7-17(14)16)22-20(24)12-27-19-11-15(21)9-10-18(19)23(25)26/h2-11,13H,12H2,1H3,(H,22,24). The number of nitrogens with zero attached hydrogens (tertiary/aromatic N) is 1. The first-order chi connectivity index (χ1) is 13.0. The lowest BCUT2D eigenvalue weighted by Gasteiger charge is -2.17. The number of benzene rings is 3. The quantitative estimate of drug-likeness (QED) is 0.524. The third-order valence-corrected chi connectivity index (χ3v) is 4.14. The van der Waals surface area contributed by atoms with Gasteiger partial charge in [-0.2, -0.15) is 0 Å². The Morgan fingerprint density at radius 3 is 2.70 bits per heavy atom. The number of hydrogen-bond acceptors (Lipinski definition) is 4. The highest BCUT2D eigenvalue weighted by atomic mass is 19.1. The van der Waals surface area contributed by atoms with Crippen LogP contribution in [0.1, 0.15) is 18.5 Å². The molecule has 1 amide bonds. The van der Waals surface area contributed by atoms with Crippen molar-refractivity contribution in [2.75, 3.05) is 6.61 Å². The molecule has 3 rings (SSSR count). The summed E-state index contributed by atoms with van der Waals surface area (Å²) in [5.41, 5.74) is 0.546. The van der Waals surface area contributed by atoms with E-state index in [1.165, 1.54) is 0 Å². The molecule has 7 heteroatoms. The number of ether oxygens (including phenoxy) is 1. The van der Waals surface area contributed by atoms with Gasteiger partial charge in [0.15, 0.2) is 6.61 Å². The molecule has 0 fully saturated rings. The Morgan fingerprint density at radius 2 is 1.93 bits per heavy atom. The van der Waals surface area contributed by atoms with Gasteiger partial charge < -0.3 is 10.1 Å². The monoisotopic (exact) mass is 368 g/mol. The van der Waals surface area contributed by atoms with Gasteiger partial charge in [-0.15, -0.1) is 0 Å². The molecule has 0 aromatic heterocycles. The van der Waals surface area contributed by atoms with E-state index >= 15 is 0 Å². The Labute approximate surface area is 154 Å². The summed E-state index contributed by atoms with van der Waals surface area (Å²) in [5, 5.41) is 15.8. The average Bonchev–Trinajstić information content (AvgIpc) is 2.65. The minimum absolute atomic E-state index is 0.284. The van der Waals surface area contributed by atoms with Crippen LogP contribution in [0.25, 0.3) is 10.8 Å². The summed E-state index contributed by atoms with van der Waals surface area (Å²) >= 11 is 0. The lowest BCUT2D eigenvalue weighted by Crippen LogP contribution is -2.31. The van der Waals surface area contributed by atoms with Crippen molar-refractivity contribution in [1.29, 1.82) is 0 Å². The van der Waals surface area contributed by atoms with Crippen molar-refractivity contribution < 1.29 is 18.8 Å². The number of amides is 1. The van der Waals surface area contributed by atoms with Crippen LogP contribution >= 0.6 is 0 Å². The first-order valence-electron chi connectivity index (χ1n) is 8.29. The zero-order chi connectivity index (χ0) is 19.4. The number of nitro benzene ring substituents is 1. The topological polar surface area (TPSA) is 81.5 Å². The molecular formula is C20H17FN2O4. The van der Waals surface area contributed by atoms with Gasteiger partial charge in [-0.1, -0.05) is 42.5 Å². The van der Waals surface area contributed by atoms with E-state index in [9.17, 15) is 19.3 Å². The van der Waals surface area contributed by atoms with Gasteiger partial charge in [0, 0.05) is 12.1 Å². The average molecular weight is 368 g/mol. The summed E-state index contributed by atoms with van der Waals surface area (Å²) in [6.45, 7) is 1.38. The Kier molecular flexibility index (Phi) is 5.30. The van der Waals surface area contributed by atoms with Gasteiger partial charge in [0.25, 0.3) is 5.91 Å². The molecule has 0 heterocycles. The molecule has 1 unspecified atom stereocenters. The maximum Gasteiger partial charge on any atom is 0.311 e. The number of hydrogen-bond donors (Lipinski definition) is 1. The molecule has 0 aliphatic rings. The number of fused-ring (bicyclic) bond motifs is 1. The van der Waals surface area contributed by atoms with Gasteiger partial charge in [0.05, 0.1) is 11.0 Å². The molecule has 1 N–H and O–H groups in total. The Balaban J connectivity index is 1.69. The third-order valence-electron chi connectivity index (χ3n) is 4.14. The smallest absolute Gasteiger partial charge is 0.311 e. The molecule has 3 aromatic rings. The molecule has 6 nitrogen and oxygen atoms in total. The molecule has 0 aliphatic heterocycles. The van der Waals surface area contributed by atoms with Crippen molar-refractivity contribution in [2.24, 2.45) is 0 Å². The van der Waals surface area contributed by atoms with Crippen molar-refractivity contribution in [3.8, 4) is 5.75 Å². The van der Waals surface area contributed by atoms with Gasteiger partial charge in [-0.25, -0.2) is 4.39 Å². The third kappa shape index (κ3) is 4.20. The first-order valence-corrected chi connectivity index (χ1v) is 8.29. The first kappa shape index (κ1) is 18.3. The van der Waals surface area contributed by atoms with Crippen LogP contribution < -0.4 is 10.1 Å². The summed E-state index contributed by atoms with van der Waals surface area (Å²) in [6.07, 6.45) is 0.